The number of amides is 1. The standard InChI is InChI=1S/C32H35ClN6O3/c1-4-29(40)39-15-14-38(18-23(39)17-34-2)31-25-20-41-28(24-11-5-8-21-9-6-12-26(33)30(21)24)16-27(25)35-32(36-31)42-19-22-10-7-13-37(22)3/h4-6,8-9,11-12,22-23,28H,1,7,10,13-20H2,3H3/t22-,23-,28-/m0/s1. The lowest BCUT2D eigenvalue weighted by molar-refractivity contribution is -0.128. The SMILES string of the molecule is [C-]#[N+]C[C@H]1CN(c2nc(OC[C@@H]3CCCN3C)nc3c2CO[C@H](c2cccc4cccc(Cl)c24)C3)CCN1C(=O)C=C. The summed E-state index contributed by atoms with van der Waals surface area (Å²) in [5, 5.41) is 2.76. The molecule has 3 atom stereocenters. The predicted molar refractivity (Wildman–Crippen MR) is 163 cm³/mol. The minimum Gasteiger partial charge on any atom is -0.462 e. The topological polar surface area (TPSA) is 75.4 Å². The average molecular weight is 587 g/mol. The number of piperazine rings is 1. The van der Waals surface area contributed by atoms with Gasteiger partial charge in [0.25, 0.3) is 0 Å². The summed E-state index contributed by atoms with van der Waals surface area (Å²) in [6.45, 7) is 14.8. The van der Waals surface area contributed by atoms with E-state index in [1.807, 2.05) is 18.2 Å². The molecule has 4 heterocycles. The van der Waals surface area contributed by atoms with E-state index in [1.54, 1.807) is 4.90 Å². The maximum Gasteiger partial charge on any atom is 0.318 e. The third kappa shape index (κ3) is 5.54. The van der Waals surface area contributed by atoms with Crippen molar-refractivity contribution >= 4 is 34.1 Å². The van der Waals surface area contributed by atoms with Gasteiger partial charge in [0.15, 0.2) is 0 Å². The van der Waals surface area contributed by atoms with Gasteiger partial charge < -0.3 is 29.0 Å². The van der Waals surface area contributed by atoms with Crippen molar-refractivity contribution < 1.29 is 14.3 Å². The smallest absolute Gasteiger partial charge is 0.318 e. The van der Waals surface area contributed by atoms with Gasteiger partial charge in [0.1, 0.15) is 18.5 Å². The van der Waals surface area contributed by atoms with Crippen molar-refractivity contribution in [2.45, 2.75) is 44.1 Å². The van der Waals surface area contributed by atoms with Crippen LogP contribution >= 0.6 is 11.6 Å². The Balaban J connectivity index is 1.34. The molecule has 0 spiro atoms. The van der Waals surface area contributed by atoms with E-state index in [0.29, 0.717) is 56.3 Å². The van der Waals surface area contributed by atoms with Crippen molar-refractivity contribution in [1.82, 2.24) is 19.8 Å². The third-order valence-electron chi connectivity index (χ3n) is 8.71. The molecule has 3 aromatic rings. The molecule has 2 saturated heterocycles. The Hall–Kier alpha value is -3.71. The van der Waals surface area contributed by atoms with Crippen LogP contribution in [0.25, 0.3) is 15.6 Å². The Kier molecular flexibility index (Phi) is 8.29. The summed E-state index contributed by atoms with van der Waals surface area (Å²) >= 11 is 6.67. The number of fused-ring (bicyclic) bond motifs is 2. The Morgan fingerprint density at radius 1 is 1.21 bits per heavy atom. The van der Waals surface area contributed by atoms with Crippen LogP contribution in [0, 0.1) is 6.57 Å². The van der Waals surface area contributed by atoms with E-state index in [1.165, 1.54) is 6.08 Å². The first-order valence-corrected chi connectivity index (χ1v) is 14.9. The molecule has 1 amide bonds. The number of ether oxygens (including phenoxy) is 2. The number of hydrogen-bond donors (Lipinski definition) is 0. The highest BCUT2D eigenvalue weighted by molar-refractivity contribution is 6.35. The zero-order chi connectivity index (χ0) is 29.2. The van der Waals surface area contributed by atoms with Crippen LogP contribution in [0.3, 0.4) is 0 Å². The minimum atomic E-state index is -0.265. The van der Waals surface area contributed by atoms with Gasteiger partial charge in [-0.1, -0.05) is 48.5 Å². The number of rotatable bonds is 7. The van der Waals surface area contributed by atoms with Crippen LogP contribution in [0.15, 0.2) is 49.1 Å². The van der Waals surface area contributed by atoms with Gasteiger partial charge in [-0.25, -0.2) is 6.57 Å². The van der Waals surface area contributed by atoms with Crippen molar-refractivity contribution in [2.75, 3.05) is 51.3 Å². The van der Waals surface area contributed by atoms with Crippen LogP contribution in [-0.2, 0) is 22.6 Å². The first-order valence-electron chi connectivity index (χ1n) is 14.5. The quantitative estimate of drug-likeness (QED) is 0.294. The lowest BCUT2D eigenvalue weighted by Crippen LogP contribution is -2.56. The molecule has 9 nitrogen and oxygen atoms in total. The number of likely N-dealkylation sites (tertiary alicyclic amines) is 1. The zero-order valence-electron chi connectivity index (χ0n) is 23.8. The molecular weight excluding hydrogens is 552 g/mol. The normalized spacial score (nSPS) is 22.5. The Labute approximate surface area is 251 Å². The average Bonchev–Trinajstić information content (AvgIpc) is 3.43. The van der Waals surface area contributed by atoms with E-state index in [0.717, 1.165) is 52.8 Å². The number of halogens is 1. The van der Waals surface area contributed by atoms with E-state index >= 15 is 0 Å². The van der Waals surface area contributed by atoms with Gasteiger partial charge in [-0.2, -0.15) is 9.97 Å². The van der Waals surface area contributed by atoms with Gasteiger partial charge in [0.05, 0.1) is 18.4 Å². The van der Waals surface area contributed by atoms with Crippen molar-refractivity contribution in [3.05, 3.63) is 82.3 Å². The fraction of sp³-hybridized carbons (Fsp3) is 0.438. The predicted octanol–water partition coefficient (Wildman–Crippen LogP) is 4.69. The molecule has 42 heavy (non-hydrogen) atoms. The molecule has 0 saturated carbocycles. The molecule has 3 aliphatic heterocycles. The number of carbonyl (C=O) groups is 1. The highest BCUT2D eigenvalue weighted by Crippen LogP contribution is 2.39. The van der Waals surface area contributed by atoms with E-state index in [4.69, 9.17) is 37.6 Å². The molecule has 10 heteroatoms. The number of likely N-dealkylation sites (N-methyl/N-ethyl adjacent to an activating group) is 1. The van der Waals surface area contributed by atoms with Crippen LogP contribution < -0.4 is 9.64 Å². The lowest BCUT2D eigenvalue weighted by Gasteiger charge is -2.40. The maximum absolute atomic E-state index is 12.5. The number of aromatic nitrogens is 2. The summed E-state index contributed by atoms with van der Waals surface area (Å²) < 4.78 is 12.8. The van der Waals surface area contributed by atoms with Crippen molar-refractivity contribution in [2.24, 2.45) is 0 Å². The number of anilines is 1. The molecule has 0 N–H and O–H groups in total. The monoisotopic (exact) mass is 586 g/mol. The Morgan fingerprint density at radius 3 is 2.81 bits per heavy atom. The number of hydrogen-bond acceptors (Lipinski definition) is 7. The van der Waals surface area contributed by atoms with Crippen LogP contribution in [0.1, 0.15) is 35.8 Å². The molecule has 2 fully saturated rings. The summed E-state index contributed by atoms with van der Waals surface area (Å²) in [5.41, 5.74) is 2.85. The van der Waals surface area contributed by atoms with Crippen molar-refractivity contribution in [3.63, 3.8) is 0 Å². The maximum atomic E-state index is 12.5. The van der Waals surface area contributed by atoms with Crippen LogP contribution in [0.2, 0.25) is 5.02 Å². The van der Waals surface area contributed by atoms with E-state index < -0.39 is 0 Å². The fourth-order valence-electron chi connectivity index (χ4n) is 6.42. The van der Waals surface area contributed by atoms with Gasteiger partial charge in [-0.05, 0) is 49.5 Å². The fourth-order valence-corrected chi connectivity index (χ4v) is 6.72. The van der Waals surface area contributed by atoms with Gasteiger partial charge in [0, 0.05) is 48.1 Å². The Bertz CT molecular complexity index is 1540. The number of benzene rings is 2. The van der Waals surface area contributed by atoms with E-state index in [9.17, 15) is 4.79 Å². The number of nitrogens with zero attached hydrogens (tertiary/aromatic N) is 6. The van der Waals surface area contributed by atoms with Gasteiger partial charge in [0.2, 0.25) is 12.5 Å². The molecule has 0 unspecified atom stereocenters. The molecule has 0 bridgehead atoms. The molecule has 6 rings (SSSR count). The van der Waals surface area contributed by atoms with Gasteiger partial charge in [-0.15, -0.1) is 0 Å². The largest absolute Gasteiger partial charge is 0.462 e. The van der Waals surface area contributed by atoms with Crippen LogP contribution in [0.5, 0.6) is 6.01 Å². The second kappa shape index (κ2) is 12.3. The summed E-state index contributed by atoms with van der Waals surface area (Å²) in [5.74, 6) is 0.600. The molecule has 218 valence electrons. The summed E-state index contributed by atoms with van der Waals surface area (Å²) in [7, 11) is 2.12. The highest BCUT2D eigenvalue weighted by atomic mass is 35.5. The van der Waals surface area contributed by atoms with E-state index in [2.05, 4.69) is 46.5 Å². The highest BCUT2D eigenvalue weighted by Gasteiger charge is 2.35. The number of carbonyl (C=O) groups excluding carboxylic acids is 1. The minimum absolute atomic E-state index is 0.155. The molecule has 2 aromatic carbocycles. The summed E-state index contributed by atoms with van der Waals surface area (Å²) in [4.78, 5) is 32.2. The first kappa shape index (κ1) is 28.4. The third-order valence-corrected chi connectivity index (χ3v) is 9.02. The molecular formula is C32H35ClN6O3. The van der Waals surface area contributed by atoms with Crippen LogP contribution in [-0.4, -0.2) is 84.1 Å². The zero-order valence-corrected chi connectivity index (χ0v) is 24.6. The molecule has 0 radical (unpaired) electrons. The Morgan fingerprint density at radius 2 is 2.05 bits per heavy atom. The molecule has 0 aliphatic carbocycles. The summed E-state index contributed by atoms with van der Waals surface area (Å²) in [6, 6.07) is 12.5. The molecule has 1 aromatic heterocycles. The van der Waals surface area contributed by atoms with Gasteiger partial charge >= 0.3 is 6.01 Å². The van der Waals surface area contributed by atoms with E-state index in [-0.39, 0.29) is 24.6 Å². The summed E-state index contributed by atoms with van der Waals surface area (Å²) in [6.07, 6.45) is 3.89. The van der Waals surface area contributed by atoms with Gasteiger partial charge in [-0.3, -0.25) is 4.79 Å². The second-order valence-electron chi connectivity index (χ2n) is 11.2. The molecule has 3 aliphatic rings. The van der Waals surface area contributed by atoms with Crippen LogP contribution in [0.4, 0.5) is 5.82 Å². The van der Waals surface area contributed by atoms with Crippen molar-refractivity contribution in [3.8, 4) is 6.01 Å². The lowest BCUT2D eigenvalue weighted by atomic mass is 9.94. The first-order chi connectivity index (χ1) is 20.5. The second-order valence-corrected chi connectivity index (χ2v) is 11.6. The van der Waals surface area contributed by atoms with Crippen molar-refractivity contribution in [1.29, 1.82) is 0 Å².